The van der Waals surface area contributed by atoms with E-state index in [4.69, 9.17) is 5.73 Å². The van der Waals surface area contributed by atoms with Crippen molar-refractivity contribution in [1.82, 2.24) is 0 Å². The molecule has 1 atom stereocenters. The zero-order valence-corrected chi connectivity index (χ0v) is 4.78. The van der Waals surface area contributed by atoms with Gasteiger partial charge in [0.2, 0.25) is 0 Å². The van der Waals surface area contributed by atoms with Crippen molar-refractivity contribution in [3.8, 4) is 0 Å². The molecule has 1 rings (SSSR count). The monoisotopic (exact) mass is 98.1 g/mol. The maximum atomic E-state index is 5.47. The van der Waals surface area contributed by atoms with Crippen LogP contribution in [0.5, 0.6) is 0 Å². The smallest absolute Gasteiger partial charge is 0.0372 e. The molecule has 0 aromatic carbocycles. The van der Waals surface area contributed by atoms with Gasteiger partial charge in [-0.2, -0.15) is 0 Å². The zero-order valence-electron chi connectivity index (χ0n) is 4.78. The molecule has 2 N–H and O–H groups in total. The first-order valence-electron chi connectivity index (χ1n) is 2.95. The molecular formula is C6H12N. The number of hydrogen-bond donors (Lipinski definition) is 1. The molecule has 41 valence electrons. The van der Waals surface area contributed by atoms with Crippen molar-refractivity contribution in [3.63, 3.8) is 0 Å². The Bertz CT molecular complexity index is 61.2. The van der Waals surface area contributed by atoms with E-state index >= 15 is 0 Å². The first-order valence-corrected chi connectivity index (χ1v) is 2.95. The maximum Gasteiger partial charge on any atom is 0.0372 e. The Morgan fingerprint density at radius 2 is 2.43 bits per heavy atom. The van der Waals surface area contributed by atoms with Crippen LogP contribution in [-0.2, 0) is 0 Å². The lowest BCUT2D eigenvalue weighted by Gasteiger charge is -1.86. The van der Waals surface area contributed by atoms with Crippen molar-refractivity contribution in [3.05, 3.63) is 6.04 Å². The van der Waals surface area contributed by atoms with Crippen molar-refractivity contribution in [2.24, 2.45) is 11.7 Å². The highest BCUT2D eigenvalue weighted by atomic mass is 14.7. The van der Waals surface area contributed by atoms with Crippen LogP contribution in [-0.4, -0.2) is 0 Å². The summed E-state index contributed by atoms with van der Waals surface area (Å²) in [6.07, 6.45) is 3.80. The fraction of sp³-hybridized carbons (Fsp3) is 0.833. The third kappa shape index (κ3) is 1.16. The van der Waals surface area contributed by atoms with Crippen LogP contribution in [0.4, 0.5) is 0 Å². The first-order chi connectivity index (χ1) is 3.34. The third-order valence-corrected chi connectivity index (χ3v) is 1.48. The van der Waals surface area contributed by atoms with Gasteiger partial charge >= 0.3 is 0 Å². The van der Waals surface area contributed by atoms with Crippen molar-refractivity contribution in [1.29, 1.82) is 0 Å². The van der Waals surface area contributed by atoms with E-state index < -0.39 is 0 Å². The lowest BCUT2D eigenvalue weighted by molar-refractivity contribution is 0.711. The van der Waals surface area contributed by atoms with Gasteiger partial charge in [0.25, 0.3) is 0 Å². The summed E-state index contributed by atoms with van der Waals surface area (Å²) in [5.41, 5.74) is 5.47. The van der Waals surface area contributed by atoms with Gasteiger partial charge in [-0.05, 0) is 18.8 Å². The lowest BCUT2D eigenvalue weighted by Crippen LogP contribution is -1.90. The Morgan fingerprint density at radius 3 is 2.57 bits per heavy atom. The third-order valence-electron chi connectivity index (χ3n) is 1.48. The standard InChI is InChI=1S/C6H12N/c1-2-3-5-4-6(5)7/h5H,2-4,7H2,1H3. The van der Waals surface area contributed by atoms with Gasteiger partial charge in [0.15, 0.2) is 0 Å². The predicted molar refractivity (Wildman–Crippen MR) is 30.4 cm³/mol. The van der Waals surface area contributed by atoms with Crippen molar-refractivity contribution in [2.75, 3.05) is 0 Å². The van der Waals surface area contributed by atoms with Gasteiger partial charge in [0, 0.05) is 6.04 Å². The summed E-state index contributed by atoms with van der Waals surface area (Å²) in [5, 5.41) is 0. The van der Waals surface area contributed by atoms with Gasteiger partial charge < -0.3 is 5.73 Å². The summed E-state index contributed by atoms with van der Waals surface area (Å²) in [6.45, 7) is 2.20. The van der Waals surface area contributed by atoms with Gasteiger partial charge in [-0.1, -0.05) is 13.3 Å². The topological polar surface area (TPSA) is 26.0 Å². The van der Waals surface area contributed by atoms with E-state index in [0.717, 1.165) is 5.92 Å². The first kappa shape index (κ1) is 5.10. The molecule has 1 fully saturated rings. The van der Waals surface area contributed by atoms with Crippen molar-refractivity contribution in [2.45, 2.75) is 26.2 Å². The van der Waals surface area contributed by atoms with Crippen LogP contribution in [0.15, 0.2) is 0 Å². The van der Waals surface area contributed by atoms with Crippen LogP contribution in [0, 0.1) is 12.0 Å². The fourth-order valence-electron chi connectivity index (χ4n) is 0.862. The molecule has 0 aliphatic heterocycles. The molecule has 0 saturated heterocycles. The summed E-state index contributed by atoms with van der Waals surface area (Å²) >= 11 is 0. The van der Waals surface area contributed by atoms with Crippen molar-refractivity contribution < 1.29 is 0 Å². The molecule has 0 heterocycles. The van der Waals surface area contributed by atoms with E-state index in [0.29, 0.717) is 0 Å². The molecule has 0 bridgehead atoms. The summed E-state index contributed by atoms with van der Waals surface area (Å²) in [5.74, 6) is 0.810. The van der Waals surface area contributed by atoms with Gasteiger partial charge in [-0.25, -0.2) is 0 Å². The van der Waals surface area contributed by atoms with Crippen LogP contribution in [0.25, 0.3) is 0 Å². The van der Waals surface area contributed by atoms with Crippen LogP contribution < -0.4 is 5.73 Å². The Hall–Kier alpha value is -0.0400. The molecule has 7 heavy (non-hydrogen) atoms. The molecule has 0 aromatic heterocycles. The van der Waals surface area contributed by atoms with Gasteiger partial charge in [-0.3, -0.25) is 0 Å². The van der Waals surface area contributed by atoms with E-state index in [1.807, 2.05) is 0 Å². The number of hydrogen-bond acceptors (Lipinski definition) is 1. The average Bonchev–Trinajstić information content (AvgIpc) is 2.22. The van der Waals surface area contributed by atoms with Gasteiger partial charge in [-0.15, -0.1) is 0 Å². The largest absolute Gasteiger partial charge is 0.323 e. The van der Waals surface area contributed by atoms with Crippen LogP contribution in [0.1, 0.15) is 26.2 Å². The summed E-state index contributed by atoms with van der Waals surface area (Å²) in [4.78, 5) is 0. The highest BCUT2D eigenvalue weighted by molar-refractivity contribution is 5.07. The minimum atomic E-state index is 0.810. The molecule has 1 radical (unpaired) electrons. The molecule has 0 spiro atoms. The Kier molecular flexibility index (Phi) is 1.33. The molecule has 0 amide bonds. The van der Waals surface area contributed by atoms with Crippen LogP contribution in [0.3, 0.4) is 0 Å². The second kappa shape index (κ2) is 1.83. The maximum absolute atomic E-state index is 5.47. The minimum Gasteiger partial charge on any atom is -0.323 e. The van der Waals surface area contributed by atoms with E-state index in [-0.39, 0.29) is 0 Å². The van der Waals surface area contributed by atoms with E-state index in [1.165, 1.54) is 25.3 Å². The van der Waals surface area contributed by atoms with E-state index in [2.05, 4.69) is 6.92 Å². The summed E-state index contributed by atoms with van der Waals surface area (Å²) in [6, 6.07) is 1.22. The SMILES string of the molecule is CCCC1C[C]1N. The highest BCUT2D eigenvalue weighted by Crippen LogP contribution is 2.38. The Labute approximate surface area is 44.9 Å². The predicted octanol–water partition coefficient (Wildman–Crippen LogP) is 1.30. The van der Waals surface area contributed by atoms with Gasteiger partial charge in [0.05, 0.1) is 0 Å². The zero-order chi connectivity index (χ0) is 5.28. The number of rotatable bonds is 2. The van der Waals surface area contributed by atoms with Crippen LogP contribution >= 0.6 is 0 Å². The molecular weight excluding hydrogens is 86.1 g/mol. The minimum absolute atomic E-state index is 0.810. The molecule has 1 aliphatic carbocycles. The summed E-state index contributed by atoms with van der Waals surface area (Å²) in [7, 11) is 0. The number of nitrogens with two attached hydrogens (primary N) is 1. The average molecular weight is 98.2 g/mol. The second-order valence-corrected chi connectivity index (χ2v) is 2.26. The molecule has 1 aliphatic rings. The Balaban J connectivity index is 1.98. The lowest BCUT2D eigenvalue weighted by atomic mass is 10.2. The summed E-state index contributed by atoms with van der Waals surface area (Å²) < 4.78 is 0. The van der Waals surface area contributed by atoms with E-state index in [1.54, 1.807) is 0 Å². The molecule has 1 heteroatoms. The quantitative estimate of drug-likeness (QED) is 0.553. The molecule has 1 unspecified atom stereocenters. The van der Waals surface area contributed by atoms with Crippen LogP contribution in [0.2, 0.25) is 0 Å². The Morgan fingerprint density at radius 1 is 1.86 bits per heavy atom. The van der Waals surface area contributed by atoms with Gasteiger partial charge in [0.1, 0.15) is 0 Å². The normalized spacial score (nSPS) is 30.9. The highest BCUT2D eigenvalue weighted by Gasteiger charge is 2.32. The molecule has 0 aromatic rings. The second-order valence-electron chi connectivity index (χ2n) is 2.26. The van der Waals surface area contributed by atoms with Crippen molar-refractivity contribution >= 4 is 0 Å². The molecule has 1 saturated carbocycles. The van der Waals surface area contributed by atoms with E-state index in [9.17, 15) is 0 Å². The molecule has 1 nitrogen and oxygen atoms in total. The fourth-order valence-corrected chi connectivity index (χ4v) is 0.862.